The van der Waals surface area contributed by atoms with Gasteiger partial charge in [-0.15, -0.1) is 10.2 Å². The second kappa shape index (κ2) is 10.7. The van der Waals surface area contributed by atoms with Gasteiger partial charge in [-0.1, -0.05) is 82.7 Å². The third-order valence-corrected chi connectivity index (χ3v) is 8.66. The van der Waals surface area contributed by atoms with Crippen LogP contribution in [-0.4, -0.2) is 27.0 Å². The monoisotopic (exact) mass is 565 g/mol. The Balaban J connectivity index is 1.57. The maximum atomic E-state index is 13.8. The summed E-state index contributed by atoms with van der Waals surface area (Å²) >= 11 is 8.81. The Morgan fingerprint density at radius 1 is 1.08 bits per heavy atom. The molecule has 0 spiro atoms. The second-order valence-electron chi connectivity index (χ2n) is 8.77. The first-order valence-corrected chi connectivity index (χ1v) is 13.8. The zero-order chi connectivity index (χ0) is 27.0. The Hall–Kier alpha value is -3.53. The van der Waals surface area contributed by atoms with E-state index in [1.54, 1.807) is 12.1 Å². The number of carbonyl (C=O) groups excluding carboxylic acids is 2. The number of ketones is 1. The van der Waals surface area contributed by atoms with Gasteiger partial charge in [-0.2, -0.15) is 0 Å². The van der Waals surface area contributed by atoms with Gasteiger partial charge in [0.2, 0.25) is 5.13 Å². The Morgan fingerprint density at radius 3 is 2.55 bits per heavy atom. The van der Waals surface area contributed by atoms with Gasteiger partial charge < -0.3 is 5.11 Å². The highest BCUT2D eigenvalue weighted by atomic mass is 35.5. The minimum atomic E-state index is -1.01. The SMILES string of the molecule is Cc1ccc(C)c(/C(O)=C2\C(=O)C(=O)N(c3nnc(SCc4ccccc4Cl)s3)C2c2ccc(F)cc2)c1. The van der Waals surface area contributed by atoms with Gasteiger partial charge in [-0.05, 0) is 54.8 Å². The van der Waals surface area contributed by atoms with Crippen LogP contribution in [0.25, 0.3) is 5.76 Å². The molecule has 0 saturated carbocycles. The smallest absolute Gasteiger partial charge is 0.301 e. The average Bonchev–Trinajstić information content (AvgIpc) is 3.47. The van der Waals surface area contributed by atoms with E-state index in [1.807, 2.05) is 44.2 Å². The highest BCUT2D eigenvalue weighted by Gasteiger charge is 2.48. The predicted octanol–water partition coefficient (Wildman–Crippen LogP) is 6.87. The molecule has 1 fully saturated rings. The number of Topliss-reactive ketones (excluding diaryl/α,β-unsaturated/α-hetero) is 1. The number of benzene rings is 3. The predicted molar refractivity (Wildman–Crippen MR) is 148 cm³/mol. The number of anilines is 1. The van der Waals surface area contributed by atoms with Crippen molar-refractivity contribution >= 4 is 57.3 Å². The molecule has 1 saturated heterocycles. The number of amides is 1. The molecule has 1 unspecified atom stereocenters. The molecule has 1 atom stereocenters. The van der Waals surface area contributed by atoms with Crippen molar-refractivity contribution in [3.63, 3.8) is 0 Å². The maximum Gasteiger partial charge on any atom is 0.301 e. The number of nitrogens with zero attached hydrogens (tertiary/aromatic N) is 3. The zero-order valence-corrected chi connectivity index (χ0v) is 22.7. The van der Waals surface area contributed by atoms with E-state index in [-0.39, 0.29) is 16.5 Å². The van der Waals surface area contributed by atoms with E-state index in [9.17, 15) is 19.1 Å². The molecule has 1 aliphatic heterocycles. The largest absolute Gasteiger partial charge is 0.507 e. The van der Waals surface area contributed by atoms with Crippen molar-refractivity contribution in [3.05, 3.63) is 111 Å². The topological polar surface area (TPSA) is 83.4 Å². The van der Waals surface area contributed by atoms with Crippen LogP contribution in [0.2, 0.25) is 5.02 Å². The molecule has 38 heavy (non-hydrogen) atoms. The van der Waals surface area contributed by atoms with Crippen molar-refractivity contribution in [1.82, 2.24) is 10.2 Å². The molecule has 0 aliphatic carbocycles. The van der Waals surface area contributed by atoms with Crippen LogP contribution in [0.1, 0.15) is 33.9 Å². The lowest BCUT2D eigenvalue weighted by Gasteiger charge is -2.22. The molecule has 0 radical (unpaired) electrons. The molecule has 6 nitrogen and oxygen atoms in total. The summed E-state index contributed by atoms with van der Waals surface area (Å²) in [6.45, 7) is 3.68. The van der Waals surface area contributed by atoms with Gasteiger partial charge in [0, 0.05) is 16.3 Å². The number of aryl methyl sites for hydroxylation is 2. The highest BCUT2D eigenvalue weighted by molar-refractivity contribution is 8.00. The molecule has 10 heteroatoms. The summed E-state index contributed by atoms with van der Waals surface area (Å²) in [7, 11) is 0. The normalized spacial score (nSPS) is 16.8. The summed E-state index contributed by atoms with van der Waals surface area (Å²) in [4.78, 5) is 27.9. The number of thioether (sulfide) groups is 1. The number of hydrogen-bond acceptors (Lipinski definition) is 7. The summed E-state index contributed by atoms with van der Waals surface area (Å²) in [5.41, 5.74) is 3.37. The van der Waals surface area contributed by atoms with Crippen molar-refractivity contribution in [3.8, 4) is 0 Å². The molecule has 5 rings (SSSR count). The van der Waals surface area contributed by atoms with E-state index in [4.69, 9.17) is 11.6 Å². The Bertz CT molecular complexity index is 1590. The van der Waals surface area contributed by atoms with Crippen molar-refractivity contribution in [2.45, 2.75) is 30.0 Å². The van der Waals surface area contributed by atoms with E-state index in [1.165, 1.54) is 40.9 Å². The fourth-order valence-electron chi connectivity index (χ4n) is 4.24. The third-order valence-electron chi connectivity index (χ3n) is 6.19. The molecule has 4 aromatic rings. The van der Waals surface area contributed by atoms with E-state index in [0.717, 1.165) is 28.0 Å². The minimum Gasteiger partial charge on any atom is -0.507 e. The molecular weight excluding hydrogens is 545 g/mol. The van der Waals surface area contributed by atoms with Crippen LogP contribution >= 0.6 is 34.7 Å². The van der Waals surface area contributed by atoms with Crippen LogP contribution in [0, 0.1) is 19.7 Å². The minimum absolute atomic E-state index is 0.0872. The van der Waals surface area contributed by atoms with Crippen LogP contribution in [0.3, 0.4) is 0 Å². The lowest BCUT2D eigenvalue weighted by molar-refractivity contribution is -0.132. The third kappa shape index (κ3) is 4.97. The van der Waals surface area contributed by atoms with E-state index < -0.39 is 23.5 Å². The number of rotatable bonds is 6. The van der Waals surface area contributed by atoms with E-state index in [2.05, 4.69) is 10.2 Å². The van der Waals surface area contributed by atoms with Crippen LogP contribution in [-0.2, 0) is 15.3 Å². The molecule has 1 aromatic heterocycles. The van der Waals surface area contributed by atoms with Crippen LogP contribution in [0.5, 0.6) is 0 Å². The van der Waals surface area contributed by atoms with Crippen molar-refractivity contribution in [2.24, 2.45) is 0 Å². The molecular formula is C28H21ClFN3O3S2. The fraction of sp³-hybridized carbons (Fsp3) is 0.143. The average molecular weight is 566 g/mol. The standard InChI is InChI=1S/C28H21ClFN3O3S2/c1-15-7-8-16(2)20(13-15)24(34)22-23(17-9-11-19(30)12-10-17)33(26(36)25(22)35)27-31-32-28(38-27)37-14-18-5-3-4-6-21(18)29/h3-13,23,34H,14H2,1-2H3/b24-22+. The summed E-state index contributed by atoms with van der Waals surface area (Å²) in [6.07, 6.45) is 0. The van der Waals surface area contributed by atoms with Gasteiger partial charge in [-0.3, -0.25) is 14.5 Å². The number of aliphatic hydroxyl groups excluding tert-OH is 1. The van der Waals surface area contributed by atoms with Crippen LogP contribution in [0.15, 0.2) is 76.6 Å². The van der Waals surface area contributed by atoms with Gasteiger partial charge in [0.1, 0.15) is 11.6 Å². The molecule has 0 bridgehead atoms. The quantitative estimate of drug-likeness (QED) is 0.0903. The number of halogens is 2. The molecule has 1 aliphatic rings. The first kappa shape index (κ1) is 26.1. The summed E-state index contributed by atoms with van der Waals surface area (Å²) in [5.74, 6) is -1.90. The van der Waals surface area contributed by atoms with E-state index >= 15 is 0 Å². The Kier molecular flexibility index (Phi) is 7.34. The van der Waals surface area contributed by atoms with Crippen LogP contribution in [0.4, 0.5) is 9.52 Å². The fourth-order valence-corrected chi connectivity index (χ4v) is 6.39. The van der Waals surface area contributed by atoms with Gasteiger partial charge in [0.15, 0.2) is 4.34 Å². The number of carbonyl (C=O) groups is 2. The Morgan fingerprint density at radius 2 is 1.82 bits per heavy atom. The summed E-state index contributed by atoms with van der Waals surface area (Å²) in [6, 6.07) is 17.4. The maximum absolute atomic E-state index is 13.8. The molecule has 1 N–H and O–H groups in total. The van der Waals surface area contributed by atoms with Crippen molar-refractivity contribution < 1.29 is 19.1 Å². The second-order valence-corrected chi connectivity index (χ2v) is 11.4. The summed E-state index contributed by atoms with van der Waals surface area (Å²) < 4.78 is 14.4. The van der Waals surface area contributed by atoms with Crippen LogP contribution < -0.4 is 4.90 Å². The van der Waals surface area contributed by atoms with Gasteiger partial charge in [0.05, 0.1) is 11.6 Å². The summed E-state index contributed by atoms with van der Waals surface area (Å²) in [5, 5.41) is 20.6. The number of hydrogen-bond donors (Lipinski definition) is 1. The molecule has 3 aromatic carbocycles. The first-order chi connectivity index (χ1) is 18.2. The lowest BCUT2D eigenvalue weighted by Crippen LogP contribution is -2.29. The van der Waals surface area contributed by atoms with Gasteiger partial charge in [-0.25, -0.2) is 4.39 Å². The number of aliphatic hydroxyl groups is 1. The van der Waals surface area contributed by atoms with Gasteiger partial charge in [0.25, 0.3) is 5.78 Å². The molecule has 2 heterocycles. The van der Waals surface area contributed by atoms with Gasteiger partial charge >= 0.3 is 5.91 Å². The highest BCUT2D eigenvalue weighted by Crippen LogP contribution is 2.44. The molecule has 1 amide bonds. The Labute approximate surface area is 231 Å². The van der Waals surface area contributed by atoms with Crippen molar-refractivity contribution in [1.29, 1.82) is 0 Å². The van der Waals surface area contributed by atoms with E-state index in [0.29, 0.717) is 26.2 Å². The molecule has 192 valence electrons. The lowest BCUT2D eigenvalue weighted by atomic mass is 9.93. The number of aromatic nitrogens is 2. The van der Waals surface area contributed by atoms with Crippen molar-refractivity contribution in [2.75, 3.05) is 4.90 Å². The zero-order valence-electron chi connectivity index (χ0n) is 20.3. The first-order valence-electron chi connectivity index (χ1n) is 11.6.